The summed E-state index contributed by atoms with van der Waals surface area (Å²) < 4.78 is 5.37. The van der Waals surface area contributed by atoms with E-state index in [4.69, 9.17) is 4.74 Å². The smallest absolute Gasteiger partial charge is 0.244 e. The van der Waals surface area contributed by atoms with Gasteiger partial charge >= 0.3 is 0 Å². The Bertz CT molecular complexity index is 715. The molecule has 1 aliphatic rings. The number of nitrogens with one attached hydrogen (secondary N) is 1. The van der Waals surface area contributed by atoms with Crippen LogP contribution in [0.1, 0.15) is 16.7 Å². The Labute approximate surface area is 149 Å². The van der Waals surface area contributed by atoms with E-state index in [9.17, 15) is 4.79 Å². The van der Waals surface area contributed by atoms with Crippen LogP contribution >= 0.6 is 0 Å². The van der Waals surface area contributed by atoms with Gasteiger partial charge < -0.3 is 15.0 Å². The van der Waals surface area contributed by atoms with E-state index in [0.717, 1.165) is 37.4 Å². The number of rotatable bonds is 5. The Morgan fingerprint density at radius 3 is 2.44 bits per heavy atom. The summed E-state index contributed by atoms with van der Waals surface area (Å²) in [6, 6.07) is 16.4. The minimum atomic E-state index is -0.0853. The van der Waals surface area contributed by atoms with Gasteiger partial charge in [-0.1, -0.05) is 42.0 Å². The summed E-state index contributed by atoms with van der Waals surface area (Å²) in [5.74, 6) is -0.0853. The lowest BCUT2D eigenvalue weighted by Crippen LogP contribution is -2.36. The Hall–Kier alpha value is -2.59. The molecule has 0 radical (unpaired) electrons. The van der Waals surface area contributed by atoms with Crippen LogP contribution in [0.5, 0.6) is 0 Å². The normalized spacial score (nSPS) is 14.7. The van der Waals surface area contributed by atoms with Gasteiger partial charge in [-0.25, -0.2) is 0 Å². The third-order valence-corrected chi connectivity index (χ3v) is 4.28. The molecule has 0 aliphatic carbocycles. The maximum absolute atomic E-state index is 12.0. The van der Waals surface area contributed by atoms with E-state index >= 15 is 0 Å². The van der Waals surface area contributed by atoms with Gasteiger partial charge in [-0.3, -0.25) is 4.79 Å². The van der Waals surface area contributed by atoms with Crippen LogP contribution in [-0.2, 0) is 16.1 Å². The number of carbonyl (C=O) groups excluding carboxylic acids is 1. The van der Waals surface area contributed by atoms with Gasteiger partial charge in [0.2, 0.25) is 5.91 Å². The first-order valence-corrected chi connectivity index (χ1v) is 8.65. The van der Waals surface area contributed by atoms with Gasteiger partial charge in [0.1, 0.15) is 0 Å². The molecule has 3 rings (SSSR count). The summed E-state index contributed by atoms with van der Waals surface area (Å²) in [5, 5.41) is 2.92. The number of ether oxygens (including phenoxy) is 1. The topological polar surface area (TPSA) is 41.6 Å². The zero-order chi connectivity index (χ0) is 17.5. The molecule has 0 atom stereocenters. The number of carbonyl (C=O) groups is 1. The Morgan fingerprint density at radius 2 is 1.76 bits per heavy atom. The van der Waals surface area contributed by atoms with Crippen molar-refractivity contribution in [1.29, 1.82) is 0 Å². The van der Waals surface area contributed by atoms with E-state index < -0.39 is 0 Å². The van der Waals surface area contributed by atoms with E-state index in [-0.39, 0.29) is 5.91 Å². The minimum Gasteiger partial charge on any atom is -0.378 e. The summed E-state index contributed by atoms with van der Waals surface area (Å²) in [6.45, 7) is 6.00. The molecule has 1 N–H and O–H groups in total. The molecule has 0 saturated carbocycles. The van der Waals surface area contributed by atoms with Crippen molar-refractivity contribution in [3.8, 4) is 0 Å². The third kappa shape index (κ3) is 5.19. The highest BCUT2D eigenvalue weighted by Gasteiger charge is 2.10. The standard InChI is InChI=1S/C21H24N2O2/c1-17-2-4-18(5-3-17)8-11-21(24)22-16-19-6-9-20(10-7-19)23-12-14-25-15-13-23/h2-11H,12-16H2,1H3,(H,22,24)/b11-8+. The van der Waals surface area contributed by atoms with Crippen LogP contribution in [0.3, 0.4) is 0 Å². The molecular formula is C21H24N2O2. The number of amides is 1. The highest BCUT2D eigenvalue weighted by atomic mass is 16.5. The molecule has 0 aromatic heterocycles. The second-order valence-electron chi connectivity index (χ2n) is 6.23. The fourth-order valence-corrected chi connectivity index (χ4v) is 2.74. The number of anilines is 1. The van der Waals surface area contributed by atoms with Crippen LogP contribution in [0.25, 0.3) is 6.08 Å². The van der Waals surface area contributed by atoms with Gasteiger partial charge in [0, 0.05) is 31.4 Å². The zero-order valence-electron chi connectivity index (χ0n) is 14.6. The molecule has 1 heterocycles. The van der Waals surface area contributed by atoms with Crippen LogP contribution in [0, 0.1) is 6.92 Å². The largest absolute Gasteiger partial charge is 0.378 e. The minimum absolute atomic E-state index is 0.0853. The van der Waals surface area contributed by atoms with Crippen LogP contribution in [0.4, 0.5) is 5.69 Å². The fraction of sp³-hybridized carbons (Fsp3) is 0.286. The number of aryl methyl sites for hydroxylation is 1. The molecule has 4 heteroatoms. The molecule has 4 nitrogen and oxygen atoms in total. The van der Waals surface area contributed by atoms with E-state index in [1.165, 1.54) is 11.3 Å². The number of morpholine rings is 1. The molecule has 0 spiro atoms. The maximum atomic E-state index is 12.0. The first-order valence-electron chi connectivity index (χ1n) is 8.65. The number of hydrogen-bond donors (Lipinski definition) is 1. The summed E-state index contributed by atoms with van der Waals surface area (Å²) in [6.07, 6.45) is 3.41. The highest BCUT2D eigenvalue weighted by Crippen LogP contribution is 2.16. The predicted molar refractivity (Wildman–Crippen MR) is 102 cm³/mol. The van der Waals surface area contributed by atoms with Crippen LogP contribution < -0.4 is 10.2 Å². The molecule has 130 valence electrons. The van der Waals surface area contributed by atoms with Crippen molar-refractivity contribution in [1.82, 2.24) is 5.32 Å². The molecule has 2 aromatic rings. The molecule has 0 bridgehead atoms. The maximum Gasteiger partial charge on any atom is 0.244 e. The lowest BCUT2D eigenvalue weighted by atomic mass is 10.1. The quantitative estimate of drug-likeness (QED) is 0.853. The van der Waals surface area contributed by atoms with Gasteiger partial charge in [0.15, 0.2) is 0 Å². The molecule has 0 unspecified atom stereocenters. The van der Waals surface area contributed by atoms with Gasteiger partial charge in [0.25, 0.3) is 0 Å². The fourth-order valence-electron chi connectivity index (χ4n) is 2.74. The van der Waals surface area contributed by atoms with Crippen LogP contribution in [-0.4, -0.2) is 32.2 Å². The van der Waals surface area contributed by atoms with Crippen molar-refractivity contribution in [2.75, 3.05) is 31.2 Å². The van der Waals surface area contributed by atoms with Crippen LogP contribution in [0.15, 0.2) is 54.6 Å². The Morgan fingerprint density at radius 1 is 1.08 bits per heavy atom. The molecule has 1 saturated heterocycles. The van der Waals surface area contributed by atoms with E-state index in [2.05, 4.69) is 34.5 Å². The second kappa shape index (κ2) is 8.49. The lowest BCUT2D eigenvalue weighted by molar-refractivity contribution is -0.116. The Kier molecular flexibility index (Phi) is 5.86. The summed E-state index contributed by atoms with van der Waals surface area (Å²) in [5.41, 5.74) is 4.53. The molecular weight excluding hydrogens is 312 g/mol. The van der Waals surface area contributed by atoms with Gasteiger partial charge in [-0.05, 0) is 36.3 Å². The average Bonchev–Trinajstić information content (AvgIpc) is 2.67. The number of hydrogen-bond acceptors (Lipinski definition) is 3. The second-order valence-corrected chi connectivity index (χ2v) is 6.23. The Balaban J connectivity index is 1.49. The summed E-state index contributed by atoms with van der Waals surface area (Å²) in [4.78, 5) is 14.3. The molecule has 1 aliphatic heterocycles. The van der Waals surface area contributed by atoms with Crippen LogP contribution in [0.2, 0.25) is 0 Å². The molecule has 1 fully saturated rings. The third-order valence-electron chi connectivity index (χ3n) is 4.28. The first kappa shape index (κ1) is 17.2. The zero-order valence-corrected chi connectivity index (χ0v) is 14.6. The molecule has 1 amide bonds. The average molecular weight is 336 g/mol. The van der Waals surface area contributed by atoms with Gasteiger partial charge in [-0.15, -0.1) is 0 Å². The van der Waals surface area contributed by atoms with Crippen molar-refractivity contribution < 1.29 is 9.53 Å². The summed E-state index contributed by atoms with van der Waals surface area (Å²) in [7, 11) is 0. The van der Waals surface area contributed by atoms with Gasteiger partial charge in [-0.2, -0.15) is 0 Å². The van der Waals surface area contributed by atoms with Crippen molar-refractivity contribution in [2.24, 2.45) is 0 Å². The highest BCUT2D eigenvalue weighted by molar-refractivity contribution is 5.91. The van der Waals surface area contributed by atoms with Crippen molar-refractivity contribution in [3.63, 3.8) is 0 Å². The monoisotopic (exact) mass is 336 g/mol. The predicted octanol–water partition coefficient (Wildman–Crippen LogP) is 3.16. The van der Waals surface area contributed by atoms with E-state index in [1.807, 2.05) is 37.3 Å². The van der Waals surface area contributed by atoms with Gasteiger partial charge in [0.05, 0.1) is 13.2 Å². The lowest BCUT2D eigenvalue weighted by Gasteiger charge is -2.28. The molecule has 2 aromatic carbocycles. The van der Waals surface area contributed by atoms with Crippen molar-refractivity contribution in [2.45, 2.75) is 13.5 Å². The van der Waals surface area contributed by atoms with Crippen molar-refractivity contribution in [3.05, 3.63) is 71.3 Å². The molecule has 25 heavy (non-hydrogen) atoms. The summed E-state index contributed by atoms with van der Waals surface area (Å²) >= 11 is 0. The number of nitrogens with zero attached hydrogens (tertiary/aromatic N) is 1. The van der Waals surface area contributed by atoms with E-state index in [0.29, 0.717) is 6.54 Å². The SMILES string of the molecule is Cc1ccc(/C=C/C(=O)NCc2ccc(N3CCOCC3)cc2)cc1. The van der Waals surface area contributed by atoms with E-state index in [1.54, 1.807) is 6.08 Å². The number of benzene rings is 2. The first-order chi connectivity index (χ1) is 12.2. The van der Waals surface area contributed by atoms with Crippen molar-refractivity contribution >= 4 is 17.7 Å².